The number of rotatable bonds is 2. The zero-order chi connectivity index (χ0) is 11.7. The van der Waals surface area contributed by atoms with Gasteiger partial charge in [-0.15, -0.1) is 0 Å². The Balaban J connectivity index is 2.24. The Labute approximate surface area is 94.1 Å². The summed E-state index contributed by atoms with van der Waals surface area (Å²) in [6.07, 6.45) is 0.405. The van der Waals surface area contributed by atoms with E-state index in [4.69, 9.17) is 5.11 Å². The first-order valence-electron chi connectivity index (χ1n) is 5.31. The maximum Gasteiger partial charge on any atom is 0.335 e. The summed E-state index contributed by atoms with van der Waals surface area (Å²) in [6.45, 7) is 0.868. The molecule has 1 aliphatic rings. The van der Waals surface area contributed by atoms with Gasteiger partial charge >= 0.3 is 5.97 Å². The second-order valence-corrected chi connectivity index (χ2v) is 4.21. The number of aromatic carboxylic acids is 1. The molecule has 0 aliphatic carbocycles. The van der Waals surface area contributed by atoms with E-state index in [0.29, 0.717) is 0 Å². The molecule has 1 fully saturated rings. The molecular formula is C12H15NO3. The Morgan fingerprint density at radius 1 is 1.38 bits per heavy atom. The van der Waals surface area contributed by atoms with Crippen molar-refractivity contribution < 1.29 is 15.0 Å². The van der Waals surface area contributed by atoms with E-state index >= 15 is 0 Å². The monoisotopic (exact) mass is 221 g/mol. The van der Waals surface area contributed by atoms with E-state index < -0.39 is 5.97 Å². The van der Waals surface area contributed by atoms with E-state index in [1.807, 2.05) is 7.05 Å². The third-order valence-corrected chi connectivity index (χ3v) is 3.12. The minimum Gasteiger partial charge on any atom is -0.478 e. The molecule has 1 aromatic carbocycles. The van der Waals surface area contributed by atoms with Gasteiger partial charge in [0, 0.05) is 6.54 Å². The normalized spacial score (nSPS) is 25.9. The van der Waals surface area contributed by atoms with Gasteiger partial charge in [0.05, 0.1) is 17.7 Å². The van der Waals surface area contributed by atoms with E-state index in [-0.39, 0.29) is 17.7 Å². The SMILES string of the molecule is CN1CCC(O)C1c1ccc(C(=O)O)cc1. The third-order valence-electron chi connectivity index (χ3n) is 3.12. The summed E-state index contributed by atoms with van der Waals surface area (Å²) >= 11 is 0. The summed E-state index contributed by atoms with van der Waals surface area (Å²) in [5, 5.41) is 18.6. The number of carboxylic acid groups (broad SMARTS) is 1. The predicted molar refractivity (Wildman–Crippen MR) is 59.4 cm³/mol. The van der Waals surface area contributed by atoms with Crippen molar-refractivity contribution in [2.45, 2.75) is 18.6 Å². The highest BCUT2D eigenvalue weighted by Gasteiger charge is 2.31. The van der Waals surface area contributed by atoms with E-state index in [1.54, 1.807) is 24.3 Å². The van der Waals surface area contributed by atoms with Crippen molar-refractivity contribution >= 4 is 5.97 Å². The fourth-order valence-electron chi connectivity index (χ4n) is 2.23. The molecule has 2 atom stereocenters. The zero-order valence-corrected chi connectivity index (χ0v) is 9.13. The van der Waals surface area contributed by atoms with Crippen molar-refractivity contribution in [2.24, 2.45) is 0 Å². The molecule has 4 nitrogen and oxygen atoms in total. The number of hydrogen-bond acceptors (Lipinski definition) is 3. The summed E-state index contributed by atoms with van der Waals surface area (Å²) in [6, 6.07) is 6.70. The molecule has 2 N–H and O–H groups in total. The Hall–Kier alpha value is -1.39. The van der Waals surface area contributed by atoms with E-state index in [0.717, 1.165) is 18.5 Å². The van der Waals surface area contributed by atoms with Gasteiger partial charge in [-0.1, -0.05) is 12.1 Å². The lowest BCUT2D eigenvalue weighted by molar-refractivity contribution is 0.0697. The number of nitrogens with zero attached hydrogens (tertiary/aromatic N) is 1. The van der Waals surface area contributed by atoms with Crippen molar-refractivity contribution in [1.82, 2.24) is 4.90 Å². The lowest BCUT2D eigenvalue weighted by Gasteiger charge is -2.22. The summed E-state index contributed by atoms with van der Waals surface area (Å²) in [5.41, 5.74) is 1.25. The number of likely N-dealkylation sites (N-methyl/N-ethyl adjacent to an activating group) is 1. The molecule has 0 bridgehead atoms. The van der Waals surface area contributed by atoms with Crippen LogP contribution in [0.3, 0.4) is 0 Å². The van der Waals surface area contributed by atoms with Crippen LogP contribution in [0, 0.1) is 0 Å². The quantitative estimate of drug-likeness (QED) is 0.785. The molecule has 86 valence electrons. The van der Waals surface area contributed by atoms with Crippen LogP contribution in [0.2, 0.25) is 0 Å². The fourth-order valence-corrected chi connectivity index (χ4v) is 2.23. The Morgan fingerprint density at radius 3 is 2.44 bits per heavy atom. The van der Waals surface area contributed by atoms with Gasteiger partial charge < -0.3 is 10.2 Å². The van der Waals surface area contributed by atoms with Crippen LogP contribution in [0.5, 0.6) is 0 Å². The van der Waals surface area contributed by atoms with Gasteiger partial charge in [-0.3, -0.25) is 4.90 Å². The molecule has 1 aliphatic heterocycles. The van der Waals surface area contributed by atoms with Crippen LogP contribution in [-0.4, -0.2) is 40.8 Å². The highest BCUT2D eigenvalue weighted by Crippen LogP contribution is 2.30. The fraction of sp³-hybridized carbons (Fsp3) is 0.417. The number of likely N-dealkylation sites (tertiary alicyclic amines) is 1. The van der Waals surface area contributed by atoms with Crippen LogP contribution in [0.15, 0.2) is 24.3 Å². The standard InChI is InChI=1S/C12H15NO3/c1-13-7-6-10(14)11(13)8-2-4-9(5-3-8)12(15)16/h2-5,10-11,14H,6-7H2,1H3,(H,15,16). The number of aliphatic hydroxyl groups excluding tert-OH is 1. The lowest BCUT2D eigenvalue weighted by Crippen LogP contribution is -2.23. The van der Waals surface area contributed by atoms with E-state index in [9.17, 15) is 9.90 Å². The molecule has 2 rings (SSSR count). The number of benzene rings is 1. The van der Waals surface area contributed by atoms with Gasteiger partial charge in [-0.2, -0.15) is 0 Å². The van der Waals surface area contributed by atoms with Crippen LogP contribution in [0.4, 0.5) is 0 Å². The number of carboxylic acids is 1. The minimum atomic E-state index is -0.924. The Bertz CT molecular complexity index is 378. The first kappa shape index (κ1) is 11.1. The zero-order valence-electron chi connectivity index (χ0n) is 9.13. The van der Waals surface area contributed by atoms with Crippen molar-refractivity contribution in [1.29, 1.82) is 0 Å². The van der Waals surface area contributed by atoms with Gasteiger partial charge in [0.1, 0.15) is 0 Å². The van der Waals surface area contributed by atoms with Crippen molar-refractivity contribution in [3.63, 3.8) is 0 Å². The molecule has 1 aromatic rings. The molecule has 2 unspecified atom stereocenters. The second-order valence-electron chi connectivity index (χ2n) is 4.21. The second kappa shape index (κ2) is 4.23. The summed E-state index contributed by atoms with van der Waals surface area (Å²) in [4.78, 5) is 12.8. The predicted octanol–water partition coefficient (Wildman–Crippen LogP) is 1.12. The van der Waals surface area contributed by atoms with E-state index in [1.165, 1.54) is 0 Å². The number of aliphatic hydroxyl groups is 1. The summed E-state index contributed by atoms with van der Waals surface area (Å²) in [5.74, 6) is -0.924. The maximum absolute atomic E-state index is 10.7. The number of hydrogen-bond donors (Lipinski definition) is 2. The van der Waals surface area contributed by atoms with Crippen LogP contribution in [0.1, 0.15) is 28.4 Å². The highest BCUT2D eigenvalue weighted by molar-refractivity contribution is 5.87. The minimum absolute atomic E-state index is 0.0113. The molecule has 0 aromatic heterocycles. The lowest BCUT2D eigenvalue weighted by atomic mass is 10.0. The largest absolute Gasteiger partial charge is 0.478 e. The summed E-state index contributed by atoms with van der Waals surface area (Å²) in [7, 11) is 1.96. The topological polar surface area (TPSA) is 60.8 Å². The van der Waals surface area contributed by atoms with Gasteiger partial charge in [-0.05, 0) is 31.2 Å². The molecule has 0 radical (unpaired) electrons. The number of carbonyl (C=O) groups is 1. The average Bonchev–Trinajstić information content (AvgIpc) is 2.59. The van der Waals surface area contributed by atoms with Crippen molar-refractivity contribution in [2.75, 3.05) is 13.6 Å². The molecule has 0 amide bonds. The smallest absolute Gasteiger partial charge is 0.335 e. The highest BCUT2D eigenvalue weighted by atomic mass is 16.4. The molecule has 4 heteroatoms. The molecular weight excluding hydrogens is 206 g/mol. The molecule has 0 saturated carbocycles. The molecule has 0 spiro atoms. The van der Waals surface area contributed by atoms with Gasteiger partial charge in [0.15, 0.2) is 0 Å². The van der Waals surface area contributed by atoms with Crippen LogP contribution >= 0.6 is 0 Å². The van der Waals surface area contributed by atoms with E-state index in [2.05, 4.69) is 4.90 Å². The van der Waals surface area contributed by atoms with Gasteiger partial charge in [0.2, 0.25) is 0 Å². The Kier molecular flexibility index (Phi) is 2.94. The average molecular weight is 221 g/mol. The van der Waals surface area contributed by atoms with Crippen LogP contribution in [-0.2, 0) is 0 Å². The molecule has 1 saturated heterocycles. The third kappa shape index (κ3) is 1.94. The van der Waals surface area contributed by atoms with Crippen LogP contribution < -0.4 is 0 Å². The summed E-state index contributed by atoms with van der Waals surface area (Å²) < 4.78 is 0. The van der Waals surface area contributed by atoms with Gasteiger partial charge in [-0.25, -0.2) is 4.79 Å². The van der Waals surface area contributed by atoms with Gasteiger partial charge in [0.25, 0.3) is 0 Å². The Morgan fingerprint density at radius 2 is 2.00 bits per heavy atom. The maximum atomic E-state index is 10.7. The molecule has 1 heterocycles. The van der Waals surface area contributed by atoms with Crippen LogP contribution in [0.25, 0.3) is 0 Å². The molecule has 16 heavy (non-hydrogen) atoms. The first-order chi connectivity index (χ1) is 7.59. The van der Waals surface area contributed by atoms with Crippen molar-refractivity contribution in [3.8, 4) is 0 Å². The first-order valence-corrected chi connectivity index (χ1v) is 5.31. The van der Waals surface area contributed by atoms with Crippen molar-refractivity contribution in [3.05, 3.63) is 35.4 Å².